The molecule has 2 aliphatic rings. The number of aromatic nitrogens is 1. The van der Waals surface area contributed by atoms with Crippen LogP contribution in [0.2, 0.25) is 0 Å². The van der Waals surface area contributed by atoms with E-state index in [9.17, 15) is 4.79 Å². The minimum absolute atomic E-state index is 0.0612. The molecule has 2 fully saturated rings. The number of amides is 1. The van der Waals surface area contributed by atoms with Gasteiger partial charge < -0.3 is 19.4 Å². The van der Waals surface area contributed by atoms with E-state index in [0.29, 0.717) is 11.6 Å². The maximum Gasteiger partial charge on any atom is 0.252 e. The summed E-state index contributed by atoms with van der Waals surface area (Å²) in [5, 5.41) is 4.49. The first kappa shape index (κ1) is 24.9. The Hall–Kier alpha value is -3.42. The maximum absolute atomic E-state index is 13.7. The summed E-state index contributed by atoms with van der Waals surface area (Å²) in [6.45, 7) is 7.07. The van der Waals surface area contributed by atoms with Crippen molar-refractivity contribution in [3.63, 3.8) is 0 Å². The van der Waals surface area contributed by atoms with Gasteiger partial charge in [-0.1, -0.05) is 12.1 Å². The molecule has 0 spiro atoms. The van der Waals surface area contributed by atoms with Gasteiger partial charge in [-0.2, -0.15) is 0 Å². The van der Waals surface area contributed by atoms with Gasteiger partial charge in [0.15, 0.2) is 0 Å². The highest BCUT2D eigenvalue weighted by Gasteiger charge is 2.47. The molecule has 2 atom stereocenters. The molecule has 1 aliphatic heterocycles. The van der Waals surface area contributed by atoms with Crippen molar-refractivity contribution in [3.8, 4) is 16.9 Å². The van der Waals surface area contributed by atoms with Crippen LogP contribution in [0.5, 0.6) is 5.75 Å². The average Bonchev–Trinajstić information content (AvgIpc) is 3.58. The van der Waals surface area contributed by atoms with Gasteiger partial charge in [0.2, 0.25) is 0 Å². The molecule has 196 valence electrons. The number of carbonyl (C=O) groups excluding carboxylic acids is 1. The average molecular weight is 526 g/mol. The van der Waals surface area contributed by atoms with Gasteiger partial charge in [-0.15, -0.1) is 0 Å². The number of hydrogen-bond acceptors (Lipinski definition) is 5. The third kappa shape index (κ3) is 4.44. The lowest BCUT2D eigenvalue weighted by atomic mass is 9.93. The van der Waals surface area contributed by atoms with Crippen molar-refractivity contribution in [1.82, 2.24) is 15.2 Å². The number of nitrogens with zero attached hydrogens (tertiary/aromatic N) is 2. The molecule has 38 heavy (non-hydrogen) atoms. The molecule has 0 bridgehead atoms. The normalized spacial score (nSPS) is 19.2. The van der Waals surface area contributed by atoms with E-state index in [1.165, 1.54) is 6.42 Å². The van der Waals surface area contributed by atoms with Gasteiger partial charge in [0.25, 0.3) is 5.91 Å². The van der Waals surface area contributed by atoms with Crippen LogP contribution in [-0.4, -0.2) is 51.4 Å². The number of aryl methyl sites for hydroxylation is 3. The molecule has 3 heterocycles. The lowest BCUT2D eigenvalue weighted by Crippen LogP contribution is -2.53. The number of ether oxygens (including phenoxy) is 1. The van der Waals surface area contributed by atoms with Crippen LogP contribution in [0, 0.1) is 20.8 Å². The van der Waals surface area contributed by atoms with E-state index in [2.05, 4.69) is 46.5 Å². The molecule has 1 N–H and O–H groups in total. The van der Waals surface area contributed by atoms with Crippen LogP contribution in [0.25, 0.3) is 22.0 Å². The van der Waals surface area contributed by atoms with E-state index in [1.807, 2.05) is 51.2 Å². The van der Waals surface area contributed by atoms with E-state index in [0.717, 1.165) is 80.1 Å². The summed E-state index contributed by atoms with van der Waals surface area (Å²) in [6.07, 6.45) is 4.77. The molecule has 6 nitrogen and oxygen atoms in total. The minimum atomic E-state index is -0.417. The van der Waals surface area contributed by atoms with E-state index in [4.69, 9.17) is 9.15 Å². The Kier molecular flexibility index (Phi) is 6.15. The Bertz CT molecular complexity index is 1540. The van der Waals surface area contributed by atoms with Crippen molar-refractivity contribution in [2.45, 2.75) is 57.3 Å². The van der Waals surface area contributed by atoms with Crippen molar-refractivity contribution in [2.75, 3.05) is 13.6 Å². The van der Waals surface area contributed by atoms with E-state index >= 15 is 0 Å². The lowest BCUT2D eigenvalue weighted by Gasteiger charge is -2.41. The Balaban J connectivity index is 1.32. The Morgan fingerprint density at radius 3 is 2.66 bits per heavy atom. The summed E-state index contributed by atoms with van der Waals surface area (Å²) in [4.78, 5) is 20.7. The van der Waals surface area contributed by atoms with E-state index in [-0.39, 0.29) is 11.6 Å². The summed E-state index contributed by atoms with van der Waals surface area (Å²) in [6, 6.07) is 16.8. The number of pyridine rings is 1. The highest BCUT2D eigenvalue weighted by Crippen LogP contribution is 2.49. The zero-order chi connectivity index (χ0) is 26.6. The molecule has 2 aromatic carbocycles. The number of carbonyl (C=O) groups is 1. The van der Waals surface area contributed by atoms with Gasteiger partial charge in [0.1, 0.15) is 17.3 Å². The highest BCUT2D eigenvalue weighted by atomic mass is 28.1. The molecule has 4 aromatic rings. The predicted octanol–water partition coefficient (Wildman–Crippen LogP) is 4.61. The van der Waals surface area contributed by atoms with Gasteiger partial charge in [-0.25, -0.2) is 0 Å². The van der Waals surface area contributed by atoms with Gasteiger partial charge in [-0.05, 0) is 107 Å². The number of furan rings is 1. The van der Waals surface area contributed by atoms with Crippen LogP contribution in [0.3, 0.4) is 0 Å². The largest absolute Gasteiger partial charge is 0.494 e. The summed E-state index contributed by atoms with van der Waals surface area (Å²) in [7, 11) is 3.09. The van der Waals surface area contributed by atoms with Crippen molar-refractivity contribution in [2.24, 2.45) is 0 Å². The SMILES string of the molecule is Cc1cc(-c2cc(C3(NC(=O)c4cc(OC([SiH3])[C@@H]5CCN5C)ccc4C)CC3)c3cccnc3c2)c(C)o1. The van der Waals surface area contributed by atoms with Crippen LogP contribution in [0.1, 0.15) is 52.3 Å². The van der Waals surface area contributed by atoms with Crippen molar-refractivity contribution < 1.29 is 13.9 Å². The fraction of sp³-hybridized carbons (Fsp3) is 0.355. The molecule has 2 aromatic heterocycles. The number of rotatable bonds is 7. The molecular formula is C31H35N3O3Si. The number of likely N-dealkylation sites (N-methyl/N-ethyl adjacent to an activating group) is 1. The molecule has 6 rings (SSSR count). The summed E-state index contributed by atoms with van der Waals surface area (Å²) in [5.74, 6) is 2.48. The molecule has 1 amide bonds. The Morgan fingerprint density at radius 2 is 2.00 bits per heavy atom. The van der Waals surface area contributed by atoms with E-state index in [1.54, 1.807) is 0 Å². The van der Waals surface area contributed by atoms with Crippen LogP contribution in [0.15, 0.2) is 59.1 Å². The third-order valence-corrected chi connectivity index (χ3v) is 9.36. The highest BCUT2D eigenvalue weighted by molar-refractivity contribution is 6.11. The first-order chi connectivity index (χ1) is 18.2. The van der Waals surface area contributed by atoms with Gasteiger partial charge in [0.05, 0.1) is 27.0 Å². The van der Waals surface area contributed by atoms with Crippen molar-refractivity contribution >= 4 is 27.1 Å². The van der Waals surface area contributed by atoms with Gasteiger partial charge in [0, 0.05) is 28.8 Å². The molecule has 7 heteroatoms. The molecule has 1 unspecified atom stereocenters. The van der Waals surface area contributed by atoms with E-state index < -0.39 is 5.54 Å². The number of nitrogens with one attached hydrogen (secondary N) is 1. The number of hydrogen-bond donors (Lipinski definition) is 1. The summed E-state index contributed by atoms with van der Waals surface area (Å²) in [5.41, 5.74) is 5.57. The summed E-state index contributed by atoms with van der Waals surface area (Å²) < 4.78 is 12.1. The fourth-order valence-corrected chi connectivity index (χ4v) is 6.98. The smallest absolute Gasteiger partial charge is 0.252 e. The molecule has 0 radical (unpaired) electrons. The van der Waals surface area contributed by atoms with Gasteiger partial charge >= 0.3 is 0 Å². The number of benzene rings is 2. The molecule has 1 aliphatic carbocycles. The quantitative estimate of drug-likeness (QED) is 0.357. The van der Waals surface area contributed by atoms with Crippen molar-refractivity contribution in [1.29, 1.82) is 0 Å². The zero-order valence-electron chi connectivity index (χ0n) is 22.8. The van der Waals surface area contributed by atoms with Crippen molar-refractivity contribution in [3.05, 3.63) is 82.9 Å². The second-order valence-electron chi connectivity index (χ2n) is 11.1. The monoisotopic (exact) mass is 525 g/mol. The minimum Gasteiger partial charge on any atom is -0.494 e. The predicted molar refractivity (Wildman–Crippen MR) is 154 cm³/mol. The van der Waals surface area contributed by atoms with Crippen LogP contribution < -0.4 is 10.1 Å². The molecule has 1 saturated heterocycles. The van der Waals surface area contributed by atoms with Crippen LogP contribution in [-0.2, 0) is 5.54 Å². The summed E-state index contributed by atoms with van der Waals surface area (Å²) >= 11 is 0. The number of fused-ring (bicyclic) bond motifs is 1. The van der Waals surface area contributed by atoms with Crippen LogP contribution in [0.4, 0.5) is 0 Å². The molecule has 1 saturated carbocycles. The fourth-order valence-electron chi connectivity index (χ4n) is 5.86. The first-order valence-corrected chi connectivity index (χ1v) is 14.7. The third-order valence-electron chi connectivity index (χ3n) is 8.35. The second-order valence-corrected chi connectivity index (χ2v) is 12.2. The molecular weight excluding hydrogens is 490 g/mol. The second kappa shape index (κ2) is 9.40. The Labute approximate surface area is 226 Å². The number of likely N-dealkylation sites (tertiary alicyclic amines) is 1. The van der Waals surface area contributed by atoms with Gasteiger partial charge in [-0.3, -0.25) is 9.78 Å². The maximum atomic E-state index is 13.7. The van der Waals surface area contributed by atoms with Crippen LogP contribution >= 0.6 is 0 Å². The lowest BCUT2D eigenvalue weighted by molar-refractivity contribution is 0.0562. The first-order valence-electron chi connectivity index (χ1n) is 13.5. The Morgan fingerprint density at radius 1 is 1.18 bits per heavy atom. The topological polar surface area (TPSA) is 67.6 Å². The standard InChI is InChI=1S/C31H35N3O3Si/c1-18-7-8-22(37-30(38)28-9-13-34(28)4)17-24(18)29(35)33-31(10-11-31)26-15-21(25-14-19(2)36-20(25)3)16-27-23(26)6-5-12-32-27/h5-8,12,14-17,28,30H,9-11,13H2,1-4,38H3,(H,33,35)/t28-,30?/m0/s1. The zero-order valence-corrected chi connectivity index (χ0v) is 24.8.